The fraction of sp³-hybridized carbons (Fsp3) is 0.333. The van der Waals surface area contributed by atoms with Crippen molar-refractivity contribution in [3.8, 4) is 11.4 Å². The SMILES string of the molecule is CCOC(=O)CNC(=O)N1CCN(c2nc(-c3ccccc3)nc(C)c2Cc2ccc(Cl)cc2)CC1. The molecule has 0 bridgehead atoms. The van der Waals surface area contributed by atoms with Crippen molar-refractivity contribution in [1.29, 1.82) is 0 Å². The van der Waals surface area contributed by atoms with E-state index in [9.17, 15) is 9.59 Å². The number of aromatic nitrogens is 2. The van der Waals surface area contributed by atoms with Gasteiger partial charge in [-0.3, -0.25) is 4.79 Å². The van der Waals surface area contributed by atoms with Gasteiger partial charge in [0.15, 0.2) is 5.82 Å². The van der Waals surface area contributed by atoms with Gasteiger partial charge in [-0.15, -0.1) is 0 Å². The highest BCUT2D eigenvalue weighted by Gasteiger charge is 2.25. The van der Waals surface area contributed by atoms with Gasteiger partial charge in [0.05, 0.1) is 6.61 Å². The van der Waals surface area contributed by atoms with Crippen LogP contribution < -0.4 is 10.2 Å². The van der Waals surface area contributed by atoms with E-state index in [1.165, 1.54) is 0 Å². The Morgan fingerprint density at radius 1 is 1.00 bits per heavy atom. The maximum Gasteiger partial charge on any atom is 0.325 e. The van der Waals surface area contributed by atoms with E-state index in [0.717, 1.165) is 28.2 Å². The van der Waals surface area contributed by atoms with Gasteiger partial charge in [-0.2, -0.15) is 0 Å². The first kappa shape index (κ1) is 25.4. The Morgan fingerprint density at radius 2 is 1.69 bits per heavy atom. The number of aryl methyl sites for hydroxylation is 1. The normalized spacial score (nSPS) is 13.4. The Bertz CT molecular complexity index is 1200. The summed E-state index contributed by atoms with van der Waals surface area (Å²) in [6.07, 6.45) is 0.674. The quantitative estimate of drug-likeness (QED) is 0.485. The Hall–Kier alpha value is -3.65. The van der Waals surface area contributed by atoms with E-state index in [1.54, 1.807) is 11.8 Å². The summed E-state index contributed by atoms with van der Waals surface area (Å²) in [7, 11) is 0. The number of esters is 1. The number of nitrogens with zero attached hydrogens (tertiary/aromatic N) is 4. The maximum atomic E-state index is 12.5. The van der Waals surface area contributed by atoms with E-state index in [0.29, 0.717) is 43.4 Å². The molecule has 188 valence electrons. The highest BCUT2D eigenvalue weighted by Crippen LogP contribution is 2.28. The first-order valence-corrected chi connectivity index (χ1v) is 12.4. The molecule has 0 unspecified atom stereocenters. The van der Waals surface area contributed by atoms with Crippen molar-refractivity contribution >= 4 is 29.4 Å². The topological polar surface area (TPSA) is 87.7 Å². The smallest absolute Gasteiger partial charge is 0.325 e. The number of ether oxygens (including phenoxy) is 1. The van der Waals surface area contributed by atoms with E-state index in [2.05, 4.69) is 10.2 Å². The number of carbonyl (C=O) groups excluding carboxylic acids is 2. The van der Waals surface area contributed by atoms with Crippen LogP contribution in [0.25, 0.3) is 11.4 Å². The Balaban J connectivity index is 1.55. The Morgan fingerprint density at radius 3 is 2.36 bits per heavy atom. The lowest BCUT2D eigenvalue weighted by atomic mass is 10.0. The van der Waals surface area contributed by atoms with Gasteiger partial charge in [0.2, 0.25) is 0 Å². The molecular formula is C27H30ClN5O3. The number of carbonyl (C=O) groups is 2. The standard InChI is InChI=1S/C27H30ClN5O3/c1-3-36-24(34)18-29-27(35)33-15-13-32(14-16-33)26-23(17-20-9-11-22(28)12-10-20)19(2)30-25(31-26)21-7-5-4-6-8-21/h4-12H,3,13-18H2,1-2H3,(H,29,35). The van der Waals surface area contributed by atoms with Gasteiger partial charge < -0.3 is 19.9 Å². The zero-order valence-corrected chi connectivity index (χ0v) is 21.3. The maximum absolute atomic E-state index is 12.5. The minimum Gasteiger partial charge on any atom is -0.465 e. The molecule has 1 saturated heterocycles. The molecule has 2 aromatic carbocycles. The number of halogens is 1. The summed E-state index contributed by atoms with van der Waals surface area (Å²) in [6, 6.07) is 17.5. The molecule has 0 atom stereocenters. The molecule has 9 heteroatoms. The number of piperazine rings is 1. The van der Waals surface area contributed by atoms with Gasteiger partial charge in [-0.25, -0.2) is 14.8 Å². The van der Waals surface area contributed by atoms with Crippen LogP contribution in [0.3, 0.4) is 0 Å². The molecule has 1 aliphatic heterocycles. The van der Waals surface area contributed by atoms with Crippen LogP contribution in [0.5, 0.6) is 0 Å². The Kier molecular flexibility index (Phi) is 8.38. The largest absolute Gasteiger partial charge is 0.465 e. The summed E-state index contributed by atoms with van der Waals surface area (Å²) in [4.78, 5) is 37.8. The van der Waals surface area contributed by atoms with Crippen molar-refractivity contribution in [3.05, 3.63) is 76.4 Å². The van der Waals surface area contributed by atoms with Crippen LogP contribution in [0.15, 0.2) is 54.6 Å². The van der Waals surface area contributed by atoms with Gasteiger partial charge in [-0.05, 0) is 31.5 Å². The lowest BCUT2D eigenvalue weighted by molar-refractivity contribution is -0.141. The van der Waals surface area contributed by atoms with Gasteiger partial charge >= 0.3 is 12.0 Å². The average Bonchev–Trinajstić information content (AvgIpc) is 2.90. The molecule has 0 spiro atoms. The molecular weight excluding hydrogens is 478 g/mol. The van der Waals surface area contributed by atoms with Gasteiger partial charge in [0, 0.05) is 54.4 Å². The molecule has 2 heterocycles. The zero-order valence-electron chi connectivity index (χ0n) is 20.5. The number of benzene rings is 2. The predicted molar refractivity (Wildman–Crippen MR) is 140 cm³/mol. The van der Waals surface area contributed by atoms with Crippen molar-refractivity contribution < 1.29 is 14.3 Å². The molecule has 0 saturated carbocycles. The summed E-state index contributed by atoms with van der Waals surface area (Å²) in [5.74, 6) is 1.11. The molecule has 1 N–H and O–H groups in total. The number of rotatable bonds is 7. The summed E-state index contributed by atoms with van der Waals surface area (Å²) >= 11 is 6.09. The van der Waals surface area contributed by atoms with Crippen molar-refractivity contribution in [2.75, 3.05) is 44.2 Å². The third-order valence-corrected chi connectivity index (χ3v) is 6.33. The number of urea groups is 1. The van der Waals surface area contributed by atoms with E-state index in [-0.39, 0.29) is 19.2 Å². The summed E-state index contributed by atoms with van der Waals surface area (Å²) in [5.41, 5.74) is 4.05. The van der Waals surface area contributed by atoms with Crippen LogP contribution in [0.2, 0.25) is 5.02 Å². The zero-order chi connectivity index (χ0) is 25.5. The lowest BCUT2D eigenvalue weighted by Gasteiger charge is -2.36. The fourth-order valence-corrected chi connectivity index (χ4v) is 4.29. The van der Waals surface area contributed by atoms with Crippen LogP contribution in [0, 0.1) is 6.92 Å². The molecule has 36 heavy (non-hydrogen) atoms. The molecule has 1 aliphatic rings. The molecule has 1 aromatic heterocycles. The third kappa shape index (κ3) is 6.31. The fourth-order valence-electron chi connectivity index (χ4n) is 4.17. The number of anilines is 1. The van der Waals surface area contributed by atoms with E-state index < -0.39 is 5.97 Å². The van der Waals surface area contributed by atoms with E-state index in [4.69, 9.17) is 26.3 Å². The van der Waals surface area contributed by atoms with E-state index in [1.807, 2.05) is 61.5 Å². The highest BCUT2D eigenvalue weighted by atomic mass is 35.5. The minimum absolute atomic E-state index is 0.135. The molecule has 3 aromatic rings. The number of amides is 2. The van der Waals surface area contributed by atoms with Gasteiger partial charge in [0.1, 0.15) is 12.4 Å². The van der Waals surface area contributed by atoms with Gasteiger partial charge in [-0.1, -0.05) is 54.1 Å². The third-order valence-electron chi connectivity index (χ3n) is 6.07. The van der Waals surface area contributed by atoms with Crippen molar-refractivity contribution in [1.82, 2.24) is 20.2 Å². The van der Waals surface area contributed by atoms with Crippen LogP contribution in [-0.2, 0) is 16.0 Å². The second-order valence-electron chi connectivity index (χ2n) is 8.54. The first-order chi connectivity index (χ1) is 17.4. The Labute approximate surface area is 216 Å². The molecule has 0 radical (unpaired) electrons. The lowest BCUT2D eigenvalue weighted by Crippen LogP contribution is -2.53. The monoisotopic (exact) mass is 507 g/mol. The van der Waals surface area contributed by atoms with Crippen molar-refractivity contribution in [3.63, 3.8) is 0 Å². The minimum atomic E-state index is -0.443. The second kappa shape index (κ2) is 11.9. The van der Waals surface area contributed by atoms with Crippen LogP contribution >= 0.6 is 11.6 Å². The number of hydrogen-bond donors (Lipinski definition) is 1. The van der Waals surface area contributed by atoms with Crippen LogP contribution in [-0.4, -0.2) is 66.2 Å². The summed E-state index contributed by atoms with van der Waals surface area (Å²) in [6.45, 7) is 6.16. The van der Waals surface area contributed by atoms with Crippen molar-refractivity contribution in [2.45, 2.75) is 20.3 Å². The number of nitrogens with one attached hydrogen (secondary N) is 1. The average molecular weight is 508 g/mol. The molecule has 0 aliphatic carbocycles. The van der Waals surface area contributed by atoms with Crippen LogP contribution in [0.4, 0.5) is 10.6 Å². The molecule has 2 amide bonds. The molecule has 4 rings (SSSR count). The molecule has 8 nitrogen and oxygen atoms in total. The van der Waals surface area contributed by atoms with E-state index >= 15 is 0 Å². The van der Waals surface area contributed by atoms with Crippen LogP contribution in [0.1, 0.15) is 23.7 Å². The predicted octanol–water partition coefficient (Wildman–Crippen LogP) is 4.09. The highest BCUT2D eigenvalue weighted by molar-refractivity contribution is 6.30. The molecule has 1 fully saturated rings. The second-order valence-corrected chi connectivity index (χ2v) is 8.98. The number of hydrogen-bond acceptors (Lipinski definition) is 6. The summed E-state index contributed by atoms with van der Waals surface area (Å²) in [5, 5.41) is 3.34. The first-order valence-electron chi connectivity index (χ1n) is 12.0. The summed E-state index contributed by atoms with van der Waals surface area (Å²) < 4.78 is 4.88. The van der Waals surface area contributed by atoms with Gasteiger partial charge in [0.25, 0.3) is 0 Å². The van der Waals surface area contributed by atoms with Crippen molar-refractivity contribution in [2.24, 2.45) is 0 Å².